The van der Waals surface area contributed by atoms with Gasteiger partial charge in [0.25, 0.3) is 5.91 Å². The summed E-state index contributed by atoms with van der Waals surface area (Å²) in [6.07, 6.45) is 3.64. The molecule has 2 aromatic heterocycles. The number of halogens is 1. The molecule has 2 heterocycles. The second kappa shape index (κ2) is 10.8. The standard InChI is InChI=1S/C30H27FN6O2/c1-3-28(38)37(32)25-13-22(12-23(14-25)30(39)35-18(2)19-8-10-24(31)11-9-19)27-17-34-29(36-27)26-15-20-6-4-5-7-21(20)16-33-26/h4-18H,3,32H2,1-2H3,(H,34,36)(H,35,39)/t18-/m1/s1. The highest BCUT2D eigenvalue weighted by atomic mass is 19.1. The first-order valence-corrected chi connectivity index (χ1v) is 12.5. The number of hydrogen-bond acceptors (Lipinski definition) is 5. The molecule has 0 aliphatic heterocycles. The maximum atomic E-state index is 13.3. The number of carbonyl (C=O) groups excluding carboxylic acids is 2. The molecule has 0 aliphatic carbocycles. The van der Waals surface area contributed by atoms with E-state index in [0.29, 0.717) is 34.0 Å². The van der Waals surface area contributed by atoms with Crippen LogP contribution in [-0.4, -0.2) is 26.8 Å². The Balaban J connectivity index is 1.49. The lowest BCUT2D eigenvalue weighted by molar-refractivity contribution is -0.118. The van der Waals surface area contributed by atoms with E-state index in [0.717, 1.165) is 21.3 Å². The Morgan fingerprint density at radius 1 is 1.00 bits per heavy atom. The molecule has 9 heteroatoms. The van der Waals surface area contributed by atoms with Gasteiger partial charge in [0.15, 0.2) is 5.82 Å². The van der Waals surface area contributed by atoms with Gasteiger partial charge in [0, 0.05) is 29.1 Å². The van der Waals surface area contributed by atoms with Crippen LogP contribution >= 0.6 is 0 Å². The quantitative estimate of drug-likeness (QED) is 0.147. The van der Waals surface area contributed by atoms with Gasteiger partial charge in [0.1, 0.15) is 11.5 Å². The Hall–Kier alpha value is -4.89. The molecule has 4 N–H and O–H groups in total. The summed E-state index contributed by atoms with van der Waals surface area (Å²) in [5, 5.41) is 6.02. The minimum atomic E-state index is -0.380. The van der Waals surface area contributed by atoms with Crippen molar-refractivity contribution in [2.45, 2.75) is 26.3 Å². The first-order valence-electron chi connectivity index (χ1n) is 12.5. The predicted octanol–water partition coefficient (Wildman–Crippen LogP) is 5.54. The second-order valence-electron chi connectivity index (χ2n) is 9.19. The SMILES string of the molecule is CCC(=O)N(N)c1cc(C(=O)N[C@H](C)c2ccc(F)cc2)cc(-c2cnc(-c3cc4ccccc4cn3)[nH]2)c1. The number of fused-ring (bicyclic) bond motifs is 1. The summed E-state index contributed by atoms with van der Waals surface area (Å²) in [4.78, 5) is 37.9. The van der Waals surface area contributed by atoms with Crippen LogP contribution < -0.4 is 16.2 Å². The molecule has 0 saturated carbocycles. The van der Waals surface area contributed by atoms with Gasteiger partial charge in [-0.05, 0) is 54.3 Å². The summed E-state index contributed by atoms with van der Waals surface area (Å²) in [6, 6.07) is 20.4. The van der Waals surface area contributed by atoms with Crippen LogP contribution in [0.15, 0.2) is 85.2 Å². The zero-order valence-corrected chi connectivity index (χ0v) is 21.5. The van der Waals surface area contributed by atoms with Crippen LogP contribution in [0.4, 0.5) is 10.1 Å². The second-order valence-corrected chi connectivity index (χ2v) is 9.19. The van der Waals surface area contributed by atoms with Crippen molar-refractivity contribution in [3.63, 3.8) is 0 Å². The summed E-state index contributed by atoms with van der Waals surface area (Å²) < 4.78 is 13.3. The Kier molecular flexibility index (Phi) is 7.16. The molecule has 2 amide bonds. The molecule has 3 aromatic carbocycles. The molecule has 0 fully saturated rings. The van der Waals surface area contributed by atoms with Gasteiger partial charge in [-0.25, -0.2) is 20.2 Å². The molecule has 39 heavy (non-hydrogen) atoms. The van der Waals surface area contributed by atoms with Crippen LogP contribution in [0.1, 0.15) is 42.2 Å². The average Bonchev–Trinajstić information content (AvgIpc) is 3.46. The van der Waals surface area contributed by atoms with E-state index in [1.165, 1.54) is 12.1 Å². The molecule has 196 valence electrons. The van der Waals surface area contributed by atoms with Crippen molar-refractivity contribution in [1.29, 1.82) is 0 Å². The van der Waals surface area contributed by atoms with Gasteiger partial charge in [0.05, 0.1) is 23.6 Å². The molecule has 5 rings (SSSR count). The molecule has 1 atom stereocenters. The number of aromatic nitrogens is 3. The van der Waals surface area contributed by atoms with E-state index >= 15 is 0 Å². The van der Waals surface area contributed by atoms with E-state index < -0.39 is 0 Å². The lowest BCUT2D eigenvalue weighted by atomic mass is 10.0. The van der Waals surface area contributed by atoms with E-state index in [1.807, 2.05) is 37.3 Å². The molecule has 0 spiro atoms. The number of benzene rings is 3. The van der Waals surface area contributed by atoms with Crippen LogP contribution in [0.3, 0.4) is 0 Å². The summed E-state index contributed by atoms with van der Waals surface area (Å²) in [5.74, 6) is 5.64. The number of nitrogens with one attached hydrogen (secondary N) is 2. The highest BCUT2D eigenvalue weighted by Gasteiger charge is 2.18. The lowest BCUT2D eigenvalue weighted by Crippen LogP contribution is -2.37. The highest BCUT2D eigenvalue weighted by Crippen LogP contribution is 2.28. The lowest BCUT2D eigenvalue weighted by Gasteiger charge is -2.19. The number of rotatable bonds is 7. The number of nitrogens with two attached hydrogens (primary N) is 1. The summed E-state index contributed by atoms with van der Waals surface area (Å²) >= 11 is 0. The Morgan fingerprint density at radius 3 is 2.49 bits per heavy atom. The third-order valence-electron chi connectivity index (χ3n) is 6.51. The smallest absolute Gasteiger partial charge is 0.251 e. The average molecular weight is 523 g/mol. The van der Waals surface area contributed by atoms with E-state index in [9.17, 15) is 14.0 Å². The molecule has 8 nitrogen and oxygen atoms in total. The van der Waals surface area contributed by atoms with Gasteiger partial charge < -0.3 is 10.3 Å². The molecule has 0 bridgehead atoms. The van der Waals surface area contributed by atoms with Gasteiger partial charge in [-0.1, -0.05) is 43.3 Å². The van der Waals surface area contributed by atoms with Crippen molar-refractivity contribution in [3.8, 4) is 22.8 Å². The number of nitrogens with zero attached hydrogens (tertiary/aromatic N) is 3. The van der Waals surface area contributed by atoms with Crippen LogP contribution in [0.25, 0.3) is 33.5 Å². The molecule has 0 aliphatic rings. The third kappa shape index (κ3) is 5.53. The number of hydrogen-bond donors (Lipinski definition) is 3. The molecular weight excluding hydrogens is 495 g/mol. The van der Waals surface area contributed by atoms with Gasteiger partial charge >= 0.3 is 0 Å². The molecule has 0 unspecified atom stereocenters. The van der Waals surface area contributed by atoms with Crippen molar-refractivity contribution in [1.82, 2.24) is 20.3 Å². The number of hydrazine groups is 1. The van der Waals surface area contributed by atoms with Gasteiger partial charge in [0.2, 0.25) is 5.91 Å². The van der Waals surface area contributed by atoms with Crippen LogP contribution in [0, 0.1) is 5.82 Å². The topological polar surface area (TPSA) is 117 Å². The molecule has 5 aromatic rings. The van der Waals surface area contributed by atoms with Crippen molar-refractivity contribution < 1.29 is 14.0 Å². The number of aromatic amines is 1. The van der Waals surface area contributed by atoms with E-state index in [4.69, 9.17) is 5.84 Å². The molecular formula is C30H27FN6O2. The number of carbonyl (C=O) groups is 2. The highest BCUT2D eigenvalue weighted by molar-refractivity contribution is 5.99. The van der Waals surface area contributed by atoms with E-state index in [-0.39, 0.29) is 30.1 Å². The Bertz CT molecular complexity index is 1660. The van der Waals surface area contributed by atoms with Crippen molar-refractivity contribution in [2.24, 2.45) is 5.84 Å². The van der Waals surface area contributed by atoms with E-state index in [1.54, 1.807) is 49.6 Å². The number of pyridine rings is 1. The maximum Gasteiger partial charge on any atom is 0.251 e. The van der Waals surface area contributed by atoms with Crippen molar-refractivity contribution >= 4 is 28.3 Å². The largest absolute Gasteiger partial charge is 0.346 e. The summed E-state index contributed by atoms with van der Waals surface area (Å²) in [5.41, 5.74) is 3.33. The van der Waals surface area contributed by atoms with Crippen LogP contribution in [0.5, 0.6) is 0 Å². The van der Waals surface area contributed by atoms with E-state index in [2.05, 4.69) is 20.3 Å². The Morgan fingerprint density at radius 2 is 1.74 bits per heavy atom. The molecule has 0 radical (unpaired) electrons. The van der Waals surface area contributed by atoms with Gasteiger partial charge in [-0.2, -0.15) is 0 Å². The van der Waals surface area contributed by atoms with Crippen molar-refractivity contribution in [2.75, 3.05) is 5.01 Å². The minimum Gasteiger partial charge on any atom is -0.346 e. The predicted molar refractivity (Wildman–Crippen MR) is 149 cm³/mol. The third-order valence-corrected chi connectivity index (χ3v) is 6.51. The van der Waals surface area contributed by atoms with Gasteiger partial charge in [-0.15, -0.1) is 0 Å². The monoisotopic (exact) mass is 522 g/mol. The summed E-state index contributed by atoms with van der Waals surface area (Å²) in [7, 11) is 0. The first-order chi connectivity index (χ1) is 18.8. The summed E-state index contributed by atoms with van der Waals surface area (Å²) in [6.45, 7) is 3.52. The number of anilines is 1. The molecule has 0 saturated heterocycles. The fourth-order valence-electron chi connectivity index (χ4n) is 4.28. The Labute approximate surface area is 224 Å². The number of H-pyrrole nitrogens is 1. The maximum absolute atomic E-state index is 13.3. The van der Waals surface area contributed by atoms with Crippen LogP contribution in [0.2, 0.25) is 0 Å². The van der Waals surface area contributed by atoms with Crippen LogP contribution in [-0.2, 0) is 4.79 Å². The minimum absolute atomic E-state index is 0.200. The first kappa shape index (κ1) is 25.7. The zero-order chi connectivity index (χ0) is 27.5. The van der Waals surface area contributed by atoms with Crippen molar-refractivity contribution in [3.05, 3.63) is 102 Å². The fourth-order valence-corrected chi connectivity index (χ4v) is 4.28. The van der Waals surface area contributed by atoms with Gasteiger partial charge in [-0.3, -0.25) is 14.6 Å². The number of amides is 2. The normalized spacial score (nSPS) is 11.8. The zero-order valence-electron chi connectivity index (χ0n) is 21.5. The number of imidazole rings is 1. The fraction of sp³-hybridized carbons (Fsp3) is 0.133.